The molecule has 1 N–H and O–H groups in total. The standard InChI is InChI=1S/C16H19N3O2S/c20-16(21)14-5-1-6-15(17-14)19-8-3-7-18(9-10-19)12-13-4-2-11-22-13/h1-2,4-6,11H,3,7-10,12H2,(H,20,21). The van der Waals surface area contributed by atoms with Crippen molar-refractivity contribution in [2.45, 2.75) is 13.0 Å². The SMILES string of the molecule is O=C(O)c1cccc(N2CCCN(Cc3cccs3)CC2)n1. The minimum Gasteiger partial charge on any atom is -0.477 e. The predicted molar refractivity (Wildman–Crippen MR) is 87.6 cm³/mol. The van der Waals surface area contributed by atoms with Crippen molar-refractivity contribution in [1.82, 2.24) is 9.88 Å². The summed E-state index contributed by atoms with van der Waals surface area (Å²) in [4.78, 5) is 21.3. The first kappa shape index (κ1) is 15.0. The number of hydrogen-bond donors (Lipinski definition) is 1. The van der Waals surface area contributed by atoms with Crippen LogP contribution in [0.4, 0.5) is 5.82 Å². The Kier molecular flexibility index (Phi) is 4.70. The quantitative estimate of drug-likeness (QED) is 0.939. The topological polar surface area (TPSA) is 56.7 Å². The molecule has 0 spiro atoms. The summed E-state index contributed by atoms with van der Waals surface area (Å²) in [5.41, 5.74) is 0.109. The zero-order valence-corrected chi connectivity index (χ0v) is 13.1. The highest BCUT2D eigenvalue weighted by atomic mass is 32.1. The zero-order valence-electron chi connectivity index (χ0n) is 12.3. The van der Waals surface area contributed by atoms with E-state index in [2.05, 4.69) is 32.3 Å². The van der Waals surface area contributed by atoms with Gasteiger partial charge in [-0.15, -0.1) is 11.3 Å². The summed E-state index contributed by atoms with van der Waals surface area (Å²) in [6, 6.07) is 9.45. The molecule has 1 saturated heterocycles. The van der Waals surface area contributed by atoms with Crippen LogP contribution >= 0.6 is 11.3 Å². The second-order valence-corrected chi connectivity index (χ2v) is 6.41. The van der Waals surface area contributed by atoms with E-state index in [-0.39, 0.29) is 5.69 Å². The van der Waals surface area contributed by atoms with Crippen LogP contribution in [0.5, 0.6) is 0 Å². The molecule has 0 aromatic carbocycles. The van der Waals surface area contributed by atoms with Crippen molar-refractivity contribution in [1.29, 1.82) is 0 Å². The van der Waals surface area contributed by atoms with Crippen LogP contribution < -0.4 is 4.90 Å². The lowest BCUT2D eigenvalue weighted by atomic mass is 10.3. The zero-order chi connectivity index (χ0) is 15.4. The molecule has 3 rings (SSSR count). The first-order valence-electron chi connectivity index (χ1n) is 7.42. The van der Waals surface area contributed by atoms with Crippen molar-refractivity contribution in [3.05, 3.63) is 46.3 Å². The van der Waals surface area contributed by atoms with E-state index in [9.17, 15) is 4.79 Å². The monoisotopic (exact) mass is 317 g/mol. The molecule has 2 aromatic rings. The van der Waals surface area contributed by atoms with E-state index < -0.39 is 5.97 Å². The maximum Gasteiger partial charge on any atom is 0.354 e. The second kappa shape index (κ2) is 6.89. The smallest absolute Gasteiger partial charge is 0.354 e. The van der Waals surface area contributed by atoms with Gasteiger partial charge < -0.3 is 10.0 Å². The Morgan fingerprint density at radius 1 is 1.18 bits per heavy atom. The van der Waals surface area contributed by atoms with Crippen molar-refractivity contribution in [2.75, 3.05) is 31.1 Å². The number of aromatic nitrogens is 1. The van der Waals surface area contributed by atoms with Gasteiger partial charge in [-0.2, -0.15) is 0 Å². The van der Waals surface area contributed by atoms with Crippen molar-refractivity contribution in [2.24, 2.45) is 0 Å². The molecule has 6 heteroatoms. The fraction of sp³-hybridized carbons (Fsp3) is 0.375. The van der Waals surface area contributed by atoms with E-state index >= 15 is 0 Å². The Morgan fingerprint density at radius 3 is 2.86 bits per heavy atom. The van der Waals surface area contributed by atoms with Gasteiger partial charge in [0.05, 0.1) is 0 Å². The average Bonchev–Trinajstić information content (AvgIpc) is 2.92. The molecule has 0 unspecified atom stereocenters. The molecule has 1 aliphatic rings. The fourth-order valence-electron chi connectivity index (χ4n) is 2.70. The van der Waals surface area contributed by atoms with E-state index in [1.54, 1.807) is 17.4 Å². The number of carboxylic acids is 1. The van der Waals surface area contributed by atoms with Gasteiger partial charge in [-0.05, 0) is 30.0 Å². The molecular formula is C16H19N3O2S. The maximum absolute atomic E-state index is 11.0. The van der Waals surface area contributed by atoms with E-state index in [4.69, 9.17) is 5.11 Å². The molecule has 0 saturated carbocycles. The molecule has 5 nitrogen and oxygen atoms in total. The molecule has 116 valence electrons. The first-order chi connectivity index (χ1) is 10.7. The number of aromatic carboxylic acids is 1. The lowest BCUT2D eigenvalue weighted by molar-refractivity contribution is 0.0690. The van der Waals surface area contributed by atoms with Crippen LogP contribution in [-0.2, 0) is 6.54 Å². The number of pyridine rings is 1. The van der Waals surface area contributed by atoms with Crippen LogP contribution in [0.2, 0.25) is 0 Å². The third-order valence-corrected chi connectivity index (χ3v) is 4.69. The van der Waals surface area contributed by atoms with Gasteiger partial charge in [0, 0.05) is 37.6 Å². The summed E-state index contributed by atoms with van der Waals surface area (Å²) in [6.45, 7) is 4.82. The number of carboxylic acid groups (broad SMARTS) is 1. The van der Waals surface area contributed by atoms with E-state index in [0.717, 1.165) is 45.0 Å². The highest BCUT2D eigenvalue weighted by Gasteiger charge is 2.17. The number of carbonyl (C=O) groups is 1. The normalized spacial score (nSPS) is 16.5. The van der Waals surface area contributed by atoms with Crippen molar-refractivity contribution < 1.29 is 9.90 Å². The van der Waals surface area contributed by atoms with Crippen LogP contribution in [0.3, 0.4) is 0 Å². The highest BCUT2D eigenvalue weighted by molar-refractivity contribution is 7.09. The molecule has 1 fully saturated rings. The second-order valence-electron chi connectivity index (χ2n) is 5.38. The molecule has 0 aliphatic carbocycles. The molecule has 0 radical (unpaired) electrons. The molecule has 2 aromatic heterocycles. The summed E-state index contributed by atoms with van der Waals surface area (Å²) in [7, 11) is 0. The van der Waals surface area contributed by atoms with Gasteiger partial charge in [-0.1, -0.05) is 12.1 Å². The minimum absolute atomic E-state index is 0.109. The number of nitrogens with zero attached hydrogens (tertiary/aromatic N) is 3. The Hall–Kier alpha value is -1.92. The largest absolute Gasteiger partial charge is 0.477 e. The Bertz CT molecular complexity index is 630. The Labute approximate surface area is 133 Å². The van der Waals surface area contributed by atoms with Gasteiger partial charge in [0.1, 0.15) is 5.82 Å². The van der Waals surface area contributed by atoms with Crippen molar-refractivity contribution >= 4 is 23.1 Å². The molecular weight excluding hydrogens is 298 g/mol. The molecule has 22 heavy (non-hydrogen) atoms. The molecule has 0 amide bonds. The van der Waals surface area contributed by atoms with Crippen molar-refractivity contribution in [3.63, 3.8) is 0 Å². The number of thiophene rings is 1. The van der Waals surface area contributed by atoms with E-state index in [1.165, 1.54) is 10.9 Å². The van der Waals surface area contributed by atoms with Crippen LogP contribution in [0.1, 0.15) is 21.8 Å². The minimum atomic E-state index is -0.976. The summed E-state index contributed by atoms with van der Waals surface area (Å²) < 4.78 is 0. The third-order valence-electron chi connectivity index (χ3n) is 3.83. The maximum atomic E-state index is 11.0. The summed E-state index contributed by atoms with van der Waals surface area (Å²) >= 11 is 1.79. The fourth-order valence-corrected chi connectivity index (χ4v) is 3.45. The lowest BCUT2D eigenvalue weighted by Crippen LogP contribution is -2.31. The average molecular weight is 317 g/mol. The van der Waals surface area contributed by atoms with Crippen molar-refractivity contribution in [3.8, 4) is 0 Å². The van der Waals surface area contributed by atoms with Gasteiger partial charge >= 0.3 is 5.97 Å². The van der Waals surface area contributed by atoms with Crippen LogP contribution in [0.15, 0.2) is 35.7 Å². The van der Waals surface area contributed by atoms with Gasteiger partial charge in [0.25, 0.3) is 0 Å². The molecule has 0 bridgehead atoms. The van der Waals surface area contributed by atoms with E-state index in [1.807, 2.05) is 6.07 Å². The molecule has 1 aliphatic heterocycles. The van der Waals surface area contributed by atoms with Gasteiger partial charge in [0.2, 0.25) is 0 Å². The number of rotatable bonds is 4. The highest BCUT2D eigenvalue weighted by Crippen LogP contribution is 2.17. The predicted octanol–water partition coefficient (Wildman–Crippen LogP) is 2.55. The number of anilines is 1. The van der Waals surface area contributed by atoms with Crippen LogP contribution in [-0.4, -0.2) is 47.1 Å². The molecule has 3 heterocycles. The number of hydrogen-bond acceptors (Lipinski definition) is 5. The van der Waals surface area contributed by atoms with Gasteiger partial charge in [-0.3, -0.25) is 4.90 Å². The molecule has 0 atom stereocenters. The van der Waals surface area contributed by atoms with Crippen LogP contribution in [0, 0.1) is 0 Å². The summed E-state index contributed by atoms with van der Waals surface area (Å²) in [5, 5.41) is 11.2. The Morgan fingerprint density at radius 2 is 2.09 bits per heavy atom. The summed E-state index contributed by atoms with van der Waals surface area (Å²) in [6.07, 6.45) is 1.06. The Balaban J connectivity index is 1.65. The van der Waals surface area contributed by atoms with Gasteiger partial charge in [-0.25, -0.2) is 9.78 Å². The van der Waals surface area contributed by atoms with Crippen LogP contribution in [0.25, 0.3) is 0 Å². The third kappa shape index (κ3) is 3.64. The van der Waals surface area contributed by atoms with Gasteiger partial charge in [0.15, 0.2) is 5.69 Å². The first-order valence-corrected chi connectivity index (χ1v) is 8.30. The summed E-state index contributed by atoms with van der Waals surface area (Å²) in [5.74, 6) is -0.214. The lowest BCUT2D eigenvalue weighted by Gasteiger charge is -2.22. The van der Waals surface area contributed by atoms with E-state index in [0.29, 0.717) is 0 Å².